The van der Waals surface area contributed by atoms with Crippen molar-refractivity contribution in [3.8, 4) is 17.2 Å². The van der Waals surface area contributed by atoms with Gasteiger partial charge in [-0.1, -0.05) is 12.1 Å². The Bertz CT molecular complexity index is 1080. The first-order chi connectivity index (χ1) is 15.5. The number of aliphatic imine (C=N–C) groups is 1. The Balaban J connectivity index is 1.92. The van der Waals surface area contributed by atoms with Crippen LogP contribution < -0.4 is 24.8 Å². The maximum atomic E-state index is 14.1. The second-order valence-electron chi connectivity index (χ2n) is 6.49. The second-order valence-corrected chi connectivity index (χ2v) is 6.49. The zero-order chi connectivity index (χ0) is 22.9. The lowest BCUT2D eigenvalue weighted by Gasteiger charge is -2.16. The van der Waals surface area contributed by atoms with Gasteiger partial charge in [0.1, 0.15) is 5.82 Å². The van der Waals surface area contributed by atoms with Gasteiger partial charge in [-0.3, -0.25) is 15.1 Å². The van der Waals surface area contributed by atoms with Crippen LogP contribution in [0.5, 0.6) is 17.2 Å². The van der Waals surface area contributed by atoms with E-state index >= 15 is 0 Å². The molecule has 1 heterocycles. The Labute approximate surface area is 185 Å². The van der Waals surface area contributed by atoms with Gasteiger partial charge in [-0.15, -0.1) is 0 Å². The number of benzene rings is 2. The Kier molecular flexibility index (Phi) is 7.58. The highest BCUT2D eigenvalue weighted by Gasteiger charge is 2.17. The van der Waals surface area contributed by atoms with Gasteiger partial charge < -0.3 is 19.5 Å². The summed E-state index contributed by atoms with van der Waals surface area (Å²) >= 11 is 0. The Morgan fingerprint density at radius 2 is 1.66 bits per heavy atom. The van der Waals surface area contributed by atoms with Crippen LogP contribution in [0.25, 0.3) is 0 Å². The zero-order valence-corrected chi connectivity index (χ0v) is 17.9. The number of rotatable bonds is 7. The molecular weight excluding hydrogens is 415 g/mol. The Hall–Kier alpha value is -4.14. The molecule has 0 saturated heterocycles. The number of carbonyl (C=O) groups excluding carboxylic acids is 1. The number of nitrogens with zero attached hydrogens (tertiary/aromatic N) is 2. The van der Waals surface area contributed by atoms with Crippen molar-refractivity contribution in [2.24, 2.45) is 4.99 Å². The minimum absolute atomic E-state index is 0.101. The number of amides is 1. The predicted molar refractivity (Wildman–Crippen MR) is 119 cm³/mol. The largest absolute Gasteiger partial charge is 0.493 e. The van der Waals surface area contributed by atoms with Crippen LogP contribution in [0.2, 0.25) is 0 Å². The number of anilines is 1. The standard InChI is InChI=1S/C23H23FN4O4/c1-30-19-12-16(13-20(31-2)21(19)32-3)27-23(26-14-15-8-10-25-11-9-15)28-22(29)17-6-4-5-7-18(17)24/h4-13H,14H2,1-3H3,(H2,26,27,28,29). The molecule has 0 aliphatic heterocycles. The molecule has 0 radical (unpaired) electrons. The van der Waals surface area contributed by atoms with E-state index in [1.807, 2.05) is 0 Å². The highest BCUT2D eigenvalue weighted by molar-refractivity contribution is 6.10. The zero-order valence-electron chi connectivity index (χ0n) is 17.9. The van der Waals surface area contributed by atoms with Crippen LogP contribution in [-0.4, -0.2) is 38.2 Å². The van der Waals surface area contributed by atoms with Crippen molar-refractivity contribution in [1.29, 1.82) is 0 Å². The normalized spacial score (nSPS) is 10.9. The van der Waals surface area contributed by atoms with Gasteiger partial charge in [0.2, 0.25) is 11.7 Å². The van der Waals surface area contributed by atoms with Crippen molar-refractivity contribution in [1.82, 2.24) is 10.3 Å². The molecule has 2 aromatic carbocycles. The van der Waals surface area contributed by atoms with Crippen molar-refractivity contribution in [3.05, 3.63) is 77.9 Å². The summed E-state index contributed by atoms with van der Waals surface area (Å²) in [6.07, 6.45) is 3.30. The van der Waals surface area contributed by atoms with Crippen LogP contribution in [0, 0.1) is 5.82 Å². The van der Waals surface area contributed by atoms with Crippen molar-refractivity contribution in [2.45, 2.75) is 6.54 Å². The minimum atomic E-state index is -0.642. The fourth-order valence-corrected chi connectivity index (χ4v) is 2.88. The molecule has 9 heteroatoms. The van der Waals surface area contributed by atoms with E-state index in [2.05, 4.69) is 20.6 Å². The second kappa shape index (κ2) is 10.8. The number of guanidine groups is 1. The number of methoxy groups -OCH3 is 3. The number of aromatic nitrogens is 1. The van der Waals surface area contributed by atoms with Gasteiger partial charge in [0, 0.05) is 30.2 Å². The predicted octanol–water partition coefficient (Wildman–Crippen LogP) is 3.64. The van der Waals surface area contributed by atoms with E-state index < -0.39 is 11.7 Å². The number of nitrogens with one attached hydrogen (secondary N) is 2. The summed E-state index contributed by atoms with van der Waals surface area (Å²) in [7, 11) is 4.50. The number of carbonyl (C=O) groups is 1. The fourth-order valence-electron chi connectivity index (χ4n) is 2.88. The molecule has 0 spiro atoms. The first-order valence-electron chi connectivity index (χ1n) is 9.62. The van der Waals surface area contributed by atoms with Gasteiger partial charge in [-0.25, -0.2) is 9.38 Å². The van der Waals surface area contributed by atoms with Crippen LogP contribution in [0.3, 0.4) is 0 Å². The molecule has 0 saturated carbocycles. The minimum Gasteiger partial charge on any atom is -0.493 e. The Morgan fingerprint density at radius 3 is 2.25 bits per heavy atom. The van der Waals surface area contributed by atoms with Gasteiger partial charge in [0.05, 0.1) is 33.4 Å². The first-order valence-corrected chi connectivity index (χ1v) is 9.62. The van der Waals surface area contributed by atoms with E-state index in [1.54, 1.807) is 42.7 Å². The Morgan fingerprint density at radius 1 is 1.00 bits per heavy atom. The summed E-state index contributed by atoms with van der Waals surface area (Å²) in [5, 5.41) is 5.66. The lowest BCUT2D eigenvalue weighted by molar-refractivity contribution is 0.0973. The van der Waals surface area contributed by atoms with E-state index in [0.717, 1.165) is 5.56 Å². The molecule has 1 aromatic heterocycles. The molecule has 0 unspecified atom stereocenters. The molecule has 3 rings (SSSR count). The maximum absolute atomic E-state index is 14.1. The van der Waals surface area contributed by atoms with Crippen LogP contribution in [0.4, 0.5) is 10.1 Å². The van der Waals surface area contributed by atoms with Gasteiger partial charge in [0.25, 0.3) is 5.91 Å². The molecule has 0 aliphatic carbocycles. The lowest BCUT2D eigenvalue weighted by Crippen LogP contribution is -2.36. The summed E-state index contributed by atoms with van der Waals surface area (Å²) < 4.78 is 30.1. The monoisotopic (exact) mass is 438 g/mol. The molecule has 0 atom stereocenters. The fraction of sp³-hybridized carbons (Fsp3) is 0.174. The van der Waals surface area contributed by atoms with Crippen LogP contribution >= 0.6 is 0 Å². The summed E-state index contributed by atoms with van der Waals surface area (Å²) in [6.45, 7) is 0.257. The topological polar surface area (TPSA) is 94.1 Å². The smallest absolute Gasteiger partial charge is 0.260 e. The van der Waals surface area contributed by atoms with Gasteiger partial charge >= 0.3 is 0 Å². The van der Waals surface area contributed by atoms with Crippen LogP contribution in [0.1, 0.15) is 15.9 Å². The first kappa shape index (κ1) is 22.5. The maximum Gasteiger partial charge on any atom is 0.260 e. The molecule has 166 valence electrons. The number of hydrogen-bond donors (Lipinski definition) is 2. The summed E-state index contributed by atoms with van der Waals surface area (Å²) in [6, 6.07) is 12.6. The van der Waals surface area contributed by atoms with Gasteiger partial charge in [0.15, 0.2) is 11.5 Å². The molecule has 0 fully saturated rings. The average molecular weight is 438 g/mol. The third-order valence-corrected chi connectivity index (χ3v) is 4.45. The molecule has 32 heavy (non-hydrogen) atoms. The molecule has 2 N–H and O–H groups in total. The molecule has 0 bridgehead atoms. The summed E-state index contributed by atoms with van der Waals surface area (Å²) in [4.78, 5) is 21.1. The molecule has 8 nitrogen and oxygen atoms in total. The van der Waals surface area contributed by atoms with Crippen LogP contribution in [0.15, 0.2) is 65.9 Å². The van der Waals surface area contributed by atoms with Gasteiger partial charge in [-0.2, -0.15) is 0 Å². The number of ether oxygens (including phenoxy) is 3. The third-order valence-electron chi connectivity index (χ3n) is 4.45. The lowest BCUT2D eigenvalue weighted by atomic mass is 10.2. The summed E-state index contributed by atoms with van der Waals surface area (Å²) in [5.74, 6) is 0.102. The SMILES string of the molecule is COc1cc(NC(=NCc2ccncc2)NC(=O)c2ccccc2F)cc(OC)c1OC. The summed E-state index contributed by atoms with van der Waals surface area (Å²) in [5.41, 5.74) is 1.29. The van der Waals surface area contributed by atoms with Crippen molar-refractivity contribution >= 4 is 17.6 Å². The molecule has 0 aliphatic rings. The van der Waals surface area contributed by atoms with E-state index in [0.29, 0.717) is 22.9 Å². The van der Waals surface area contributed by atoms with E-state index in [4.69, 9.17) is 14.2 Å². The average Bonchev–Trinajstić information content (AvgIpc) is 2.82. The van der Waals surface area contributed by atoms with Crippen molar-refractivity contribution in [2.75, 3.05) is 26.6 Å². The van der Waals surface area contributed by atoms with Crippen LogP contribution in [-0.2, 0) is 6.54 Å². The number of halogens is 1. The number of hydrogen-bond acceptors (Lipinski definition) is 6. The number of pyridine rings is 1. The van der Waals surface area contributed by atoms with Gasteiger partial charge in [-0.05, 0) is 29.8 Å². The highest BCUT2D eigenvalue weighted by Crippen LogP contribution is 2.39. The third kappa shape index (κ3) is 5.51. The van der Waals surface area contributed by atoms with E-state index in [1.165, 1.54) is 39.5 Å². The van der Waals surface area contributed by atoms with Crippen molar-refractivity contribution in [3.63, 3.8) is 0 Å². The molecule has 3 aromatic rings. The van der Waals surface area contributed by atoms with Crippen molar-refractivity contribution < 1.29 is 23.4 Å². The molecule has 1 amide bonds. The van der Waals surface area contributed by atoms with E-state index in [-0.39, 0.29) is 18.1 Å². The quantitative estimate of drug-likeness (QED) is 0.432. The highest BCUT2D eigenvalue weighted by atomic mass is 19.1. The molecular formula is C23H23FN4O4. The van der Waals surface area contributed by atoms with E-state index in [9.17, 15) is 9.18 Å².